The molecule has 8 nitrogen and oxygen atoms in total. The Hall–Kier alpha value is -3.30. The quantitative estimate of drug-likeness (QED) is 0.343. The van der Waals surface area contributed by atoms with Crippen molar-refractivity contribution in [2.75, 3.05) is 0 Å². The second-order valence-electron chi connectivity index (χ2n) is 7.78. The van der Waals surface area contributed by atoms with Crippen molar-refractivity contribution in [3.8, 4) is 11.3 Å². The molecular weight excluding hydrogens is 464 g/mol. The summed E-state index contributed by atoms with van der Waals surface area (Å²) < 4.78 is 0. The Bertz CT molecular complexity index is 1170. The number of non-ortho nitro benzene ring substituents is 1. The fraction of sp³-hybridized carbons (Fsp3) is 0.261. The second-order valence-corrected chi connectivity index (χ2v) is 9.08. The van der Waals surface area contributed by atoms with E-state index in [9.17, 15) is 19.7 Å². The van der Waals surface area contributed by atoms with Gasteiger partial charge < -0.3 is 10.6 Å². The highest BCUT2D eigenvalue weighted by Crippen LogP contribution is 2.26. The summed E-state index contributed by atoms with van der Waals surface area (Å²) in [5.74, 6) is -1.16. The Labute approximate surface area is 200 Å². The molecule has 0 radical (unpaired) electrons. The molecule has 0 aliphatic rings. The predicted molar refractivity (Wildman–Crippen MR) is 128 cm³/mol. The van der Waals surface area contributed by atoms with E-state index in [-0.39, 0.29) is 34.1 Å². The Kier molecular flexibility index (Phi) is 7.78. The number of halogens is 1. The molecule has 2 aromatic carbocycles. The largest absolute Gasteiger partial charge is 0.345 e. The molecule has 0 spiro atoms. The average molecular weight is 487 g/mol. The molecule has 2 N–H and O–H groups in total. The Morgan fingerprint density at radius 2 is 1.79 bits per heavy atom. The Morgan fingerprint density at radius 1 is 1.09 bits per heavy atom. The third kappa shape index (κ3) is 5.94. The van der Waals surface area contributed by atoms with Crippen LogP contribution in [0.3, 0.4) is 0 Å². The normalized spacial score (nSPS) is 12.8. The van der Waals surface area contributed by atoms with E-state index >= 15 is 0 Å². The lowest BCUT2D eigenvalue weighted by atomic mass is 10.0. The average Bonchev–Trinajstić information content (AvgIpc) is 3.28. The molecule has 0 aliphatic carbocycles. The number of carbonyl (C=O) groups excluding carboxylic acids is 2. The summed E-state index contributed by atoms with van der Waals surface area (Å²) in [5, 5.41) is 19.1. The molecule has 33 heavy (non-hydrogen) atoms. The van der Waals surface area contributed by atoms with Crippen molar-refractivity contribution in [2.24, 2.45) is 5.92 Å². The number of nitro groups is 1. The summed E-state index contributed by atoms with van der Waals surface area (Å²) in [6.45, 7) is 5.45. The number of hydrogen-bond donors (Lipinski definition) is 2. The number of carbonyl (C=O) groups is 2. The Morgan fingerprint density at radius 3 is 2.39 bits per heavy atom. The zero-order chi connectivity index (χ0) is 24.1. The maximum absolute atomic E-state index is 13.0. The number of rotatable bonds is 8. The number of hydrogen-bond acceptors (Lipinski definition) is 6. The number of thiazole rings is 1. The molecule has 172 valence electrons. The van der Waals surface area contributed by atoms with Crippen molar-refractivity contribution in [3.63, 3.8) is 0 Å². The van der Waals surface area contributed by atoms with Crippen molar-refractivity contribution in [2.45, 2.75) is 32.9 Å². The van der Waals surface area contributed by atoms with Crippen LogP contribution in [0.1, 0.15) is 42.2 Å². The minimum atomic E-state index is -0.834. The summed E-state index contributed by atoms with van der Waals surface area (Å²) in [6.07, 6.45) is 0. The zero-order valence-electron chi connectivity index (χ0n) is 18.2. The molecule has 2 atom stereocenters. The molecule has 2 unspecified atom stereocenters. The van der Waals surface area contributed by atoms with Gasteiger partial charge in [-0.15, -0.1) is 11.3 Å². The van der Waals surface area contributed by atoms with Crippen LogP contribution in [0.25, 0.3) is 11.3 Å². The molecule has 0 fully saturated rings. The highest BCUT2D eigenvalue weighted by molar-refractivity contribution is 7.10. The van der Waals surface area contributed by atoms with Gasteiger partial charge in [-0.2, -0.15) is 0 Å². The number of nitrogens with zero attached hydrogens (tertiary/aromatic N) is 2. The van der Waals surface area contributed by atoms with Crippen molar-refractivity contribution in [3.05, 3.63) is 79.6 Å². The van der Waals surface area contributed by atoms with Gasteiger partial charge in [0.25, 0.3) is 11.6 Å². The lowest BCUT2D eigenvalue weighted by Gasteiger charge is -2.23. The van der Waals surface area contributed by atoms with Crippen LogP contribution >= 0.6 is 22.9 Å². The third-order valence-corrected chi connectivity index (χ3v) is 6.30. The summed E-state index contributed by atoms with van der Waals surface area (Å²) in [6, 6.07) is 12.1. The van der Waals surface area contributed by atoms with Gasteiger partial charge in [0, 0.05) is 23.1 Å². The maximum Gasteiger partial charge on any atom is 0.270 e. The smallest absolute Gasteiger partial charge is 0.270 e. The first kappa shape index (κ1) is 24.3. The van der Waals surface area contributed by atoms with E-state index in [4.69, 9.17) is 11.6 Å². The standard InChI is InChI=1S/C23H23ClN4O4S/c1-13(2)20(27-21(29)17-10-9-16(28(31)32)11-18(17)24)22(30)25-14(3)23-26-19(12-33-23)15-7-5-4-6-8-15/h4-14,20H,1-3H3,(H,25,30)(H,27,29). The van der Waals surface area contributed by atoms with Crippen LogP contribution in [-0.4, -0.2) is 27.8 Å². The van der Waals surface area contributed by atoms with Gasteiger partial charge in [-0.05, 0) is 18.9 Å². The molecule has 3 aromatic rings. The highest BCUT2D eigenvalue weighted by Gasteiger charge is 2.27. The number of amides is 2. The molecule has 1 heterocycles. The maximum atomic E-state index is 13.0. The van der Waals surface area contributed by atoms with Crippen LogP contribution in [0.4, 0.5) is 5.69 Å². The number of nitrogens with one attached hydrogen (secondary N) is 2. The molecule has 0 saturated carbocycles. The van der Waals surface area contributed by atoms with Gasteiger partial charge in [-0.25, -0.2) is 4.98 Å². The molecule has 0 saturated heterocycles. The van der Waals surface area contributed by atoms with Gasteiger partial charge in [-0.1, -0.05) is 55.8 Å². The first-order valence-electron chi connectivity index (χ1n) is 10.2. The molecule has 0 aliphatic heterocycles. The summed E-state index contributed by atoms with van der Waals surface area (Å²) in [4.78, 5) is 40.6. The van der Waals surface area contributed by atoms with Crippen LogP contribution in [0.5, 0.6) is 0 Å². The SMILES string of the molecule is CC(NC(=O)C(NC(=O)c1ccc([N+](=O)[O-])cc1Cl)C(C)C)c1nc(-c2ccccc2)cs1. The first-order valence-corrected chi connectivity index (χ1v) is 11.5. The van der Waals surface area contributed by atoms with E-state index in [1.165, 1.54) is 23.5 Å². The molecule has 10 heteroatoms. The van der Waals surface area contributed by atoms with Gasteiger partial charge >= 0.3 is 0 Å². The molecule has 1 aromatic heterocycles. The van der Waals surface area contributed by atoms with E-state index in [0.29, 0.717) is 0 Å². The van der Waals surface area contributed by atoms with Crippen LogP contribution in [0.15, 0.2) is 53.9 Å². The fourth-order valence-corrected chi connectivity index (χ4v) is 4.24. The van der Waals surface area contributed by atoms with E-state index in [1.807, 2.05) is 56.5 Å². The summed E-state index contributed by atoms with van der Waals surface area (Å²) >= 11 is 7.50. The van der Waals surface area contributed by atoms with E-state index < -0.39 is 16.9 Å². The monoisotopic (exact) mass is 486 g/mol. The third-order valence-electron chi connectivity index (χ3n) is 4.96. The van der Waals surface area contributed by atoms with Gasteiger partial charge in [-0.3, -0.25) is 19.7 Å². The van der Waals surface area contributed by atoms with Crippen LogP contribution in [0.2, 0.25) is 5.02 Å². The summed E-state index contributed by atoms with van der Waals surface area (Å²) in [5.41, 5.74) is 1.66. The topological polar surface area (TPSA) is 114 Å². The fourth-order valence-electron chi connectivity index (χ4n) is 3.15. The second kappa shape index (κ2) is 10.5. The molecule has 0 bridgehead atoms. The molecule has 2 amide bonds. The van der Waals surface area contributed by atoms with Crippen LogP contribution in [-0.2, 0) is 4.79 Å². The van der Waals surface area contributed by atoms with E-state index in [1.54, 1.807) is 0 Å². The minimum Gasteiger partial charge on any atom is -0.345 e. The van der Waals surface area contributed by atoms with Crippen LogP contribution < -0.4 is 10.6 Å². The van der Waals surface area contributed by atoms with Crippen molar-refractivity contribution < 1.29 is 14.5 Å². The van der Waals surface area contributed by atoms with Gasteiger partial charge in [0.05, 0.1) is 27.2 Å². The van der Waals surface area contributed by atoms with Gasteiger partial charge in [0.2, 0.25) is 5.91 Å². The van der Waals surface area contributed by atoms with Crippen molar-refractivity contribution >= 4 is 40.4 Å². The number of nitro benzene ring substituents is 1. The van der Waals surface area contributed by atoms with Gasteiger partial charge in [0.1, 0.15) is 11.0 Å². The predicted octanol–water partition coefficient (Wildman–Crippen LogP) is 5.00. The van der Waals surface area contributed by atoms with Crippen LogP contribution in [0, 0.1) is 16.0 Å². The highest BCUT2D eigenvalue weighted by atomic mass is 35.5. The molecule has 3 rings (SSSR count). The lowest BCUT2D eigenvalue weighted by Crippen LogP contribution is -2.50. The van der Waals surface area contributed by atoms with Crippen molar-refractivity contribution in [1.29, 1.82) is 0 Å². The van der Waals surface area contributed by atoms with Crippen molar-refractivity contribution in [1.82, 2.24) is 15.6 Å². The van der Waals surface area contributed by atoms with Gasteiger partial charge in [0.15, 0.2) is 0 Å². The summed E-state index contributed by atoms with van der Waals surface area (Å²) in [7, 11) is 0. The lowest BCUT2D eigenvalue weighted by molar-refractivity contribution is -0.384. The number of benzene rings is 2. The Balaban J connectivity index is 1.69. The van der Waals surface area contributed by atoms with E-state index in [0.717, 1.165) is 22.3 Å². The number of aromatic nitrogens is 1. The molecular formula is C23H23ClN4O4S. The van der Waals surface area contributed by atoms with E-state index in [2.05, 4.69) is 15.6 Å². The zero-order valence-corrected chi connectivity index (χ0v) is 19.8. The minimum absolute atomic E-state index is 0.0567. The first-order chi connectivity index (χ1) is 15.7.